The maximum absolute atomic E-state index is 12.4. The fourth-order valence-electron chi connectivity index (χ4n) is 4.19. The SMILES string of the molecule is Cc1cc(C(=O)NCC2CCCCN2CCn2nc3c(cc2=O)COCC3)nn1C. The van der Waals surface area contributed by atoms with Gasteiger partial charge in [0.1, 0.15) is 5.69 Å². The normalized spacial score (nSPS) is 19.5. The van der Waals surface area contributed by atoms with E-state index in [1.165, 1.54) is 0 Å². The summed E-state index contributed by atoms with van der Waals surface area (Å²) in [5.74, 6) is -0.140. The Morgan fingerprint density at radius 3 is 2.93 bits per heavy atom. The standard InChI is InChI=1S/C21H30N6O3/c1-15-11-19(23-25(15)2)21(29)22-13-17-5-3-4-7-26(17)8-9-27-20(28)12-16-14-30-10-6-18(16)24-27/h11-12,17H,3-10,13-14H2,1-2H3,(H,22,29). The van der Waals surface area contributed by atoms with Crippen LogP contribution in [-0.4, -0.2) is 62.7 Å². The van der Waals surface area contributed by atoms with Gasteiger partial charge in [-0.15, -0.1) is 0 Å². The molecule has 2 aliphatic heterocycles. The Kier molecular flexibility index (Phi) is 6.29. The minimum Gasteiger partial charge on any atom is -0.376 e. The second-order valence-corrected chi connectivity index (χ2v) is 8.17. The number of fused-ring (bicyclic) bond motifs is 1. The summed E-state index contributed by atoms with van der Waals surface area (Å²) in [6.45, 7) is 5.90. The smallest absolute Gasteiger partial charge is 0.271 e. The molecule has 2 aliphatic rings. The Hall–Kier alpha value is -2.52. The van der Waals surface area contributed by atoms with Crippen molar-refractivity contribution in [2.24, 2.45) is 7.05 Å². The lowest BCUT2D eigenvalue weighted by molar-refractivity contribution is 0.0902. The highest BCUT2D eigenvalue weighted by molar-refractivity contribution is 5.92. The van der Waals surface area contributed by atoms with Crippen molar-refractivity contribution in [1.82, 2.24) is 29.8 Å². The summed E-state index contributed by atoms with van der Waals surface area (Å²) in [7, 11) is 1.83. The highest BCUT2D eigenvalue weighted by atomic mass is 16.5. The van der Waals surface area contributed by atoms with Crippen LogP contribution in [0, 0.1) is 6.92 Å². The lowest BCUT2D eigenvalue weighted by Crippen LogP contribution is -2.48. The number of rotatable bonds is 6. The Morgan fingerprint density at radius 1 is 1.27 bits per heavy atom. The average Bonchev–Trinajstić information content (AvgIpc) is 3.09. The topological polar surface area (TPSA) is 94.3 Å². The molecule has 0 aliphatic carbocycles. The fourth-order valence-corrected chi connectivity index (χ4v) is 4.19. The third kappa shape index (κ3) is 4.62. The van der Waals surface area contributed by atoms with E-state index in [4.69, 9.17) is 4.74 Å². The summed E-state index contributed by atoms with van der Waals surface area (Å²) in [5, 5.41) is 11.8. The first-order valence-electron chi connectivity index (χ1n) is 10.7. The van der Waals surface area contributed by atoms with E-state index in [-0.39, 0.29) is 17.5 Å². The molecule has 2 aromatic rings. The number of aromatic nitrogens is 4. The first-order chi connectivity index (χ1) is 14.5. The van der Waals surface area contributed by atoms with Crippen molar-refractivity contribution >= 4 is 5.91 Å². The minimum atomic E-state index is -0.140. The van der Waals surface area contributed by atoms with E-state index in [0.29, 0.717) is 32.0 Å². The molecular weight excluding hydrogens is 384 g/mol. The molecule has 30 heavy (non-hydrogen) atoms. The van der Waals surface area contributed by atoms with Gasteiger partial charge in [-0.25, -0.2) is 4.68 Å². The van der Waals surface area contributed by atoms with Crippen molar-refractivity contribution in [2.45, 2.75) is 51.8 Å². The average molecular weight is 415 g/mol. The van der Waals surface area contributed by atoms with E-state index in [2.05, 4.69) is 20.4 Å². The molecule has 0 aromatic carbocycles. The Bertz CT molecular complexity index is 947. The zero-order valence-corrected chi connectivity index (χ0v) is 17.8. The number of piperidine rings is 1. The lowest BCUT2D eigenvalue weighted by atomic mass is 10.0. The maximum atomic E-state index is 12.4. The van der Waals surface area contributed by atoms with Crippen LogP contribution in [0.5, 0.6) is 0 Å². The van der Waals surface area contributed by atoms with E-state index in [0.717, 1.165) is 55.7 Å². The summed E-state index contributed by atoms with van der Waals surface area (Å²) in [6, 6.07) is 3.71. The van der Waals surface area contributed by atoms with Gasteiger partial charge in [-0.3, -0.25) is 19.2 Å². The van der Waals surface area contributed by atoms with Gasteiger partial charge in [-0.2, -0.15) is 10.2 Å². The van der Waals surface area contributed by atoms with Crippen molar-refractivity contribution in [2.75, 3.05) is 26.2 Å². The molecule has 0 spiro atoms. The molecule has 2 aromatic heterocycles. The van der Waals surface area contributed by atoms with Crippen LogP contribution in [0.4, 0.5) is 0 Å². The third-order valence-corrected chi connectivity index (χ3v) is 6.10. The number of nitrogens with zero attached hydrogens (tertiary/aromatic N) is 5. The second-order valence-electron chi connectivity index (χ2n) is 8.17. The molecule has 4 rings (SSSR count). The highest BCUT2D eigenvalue weighted by Crippen LogP contribution is 2.17. The zero-order chi connectivity index (χ0) is 21.1. The number of hydrogen-bond donors (Lipinski definition) is 1. The van der Waals surface area contributed by atoms with Gasteiger partial charge in [0.05, 0.1) is 25.5 Å². The van der Waals surface area contributed by atoms with Gasteiger partial charge < -0.3 is 10.1 Å². The van der Waals surface area contributed by atoms with Crippen molar-refractivity contribution in [3.8, 4) is 0 Å². The number of likely N-dealkylation sites (tertiary alicyclic amines) is 1. The van der Waals surface area contributed by atoms with Crippen LogP contribution in [0.25, 0.3) is 0 Å². The number of hydrogen-bond acceptors (Lipinski definition) is 6. The van der Waals surface area contributed by atoms with Gasteiger partial charge in [0.25, 0.3) is 11.5 Å². The predicted molar refractivity (Wildman–Crippen MR) is 111 cm³/mol. The summed E-state index contributed by atoms with van der Waals surface area (Å²) < 4.78 is 8.69. The number of carbonyl (C=O) groups is 1. The molecule has 0 bridgehead atoms. The van der Waals surface area contributed by atoms with Crippen LogP contribution in [-0.2, 0) is 31.4 Å². The van der Waals surface area contributed by atoms with Gasteiger partial charge in [0.2, 0.25) is 0 Å². The van der Waals surface area contributed by atoms with Gasteiger partial charge >= 0.3 is 0 Å². The molecule has 9 nitrogen and oxygen atoms in total. The molecule has 1 N–H and O–H groups in total. The van der Waals surface area contributed by atoms with Crippen LogP contribution < -0.4 is 10.9 Å². The number of nitrogens with one attached hydrogen (secondary N) is 1. The summed E-state index contributed by atoms with van der Waals surface area (Å²) in [4.78, 5) is 27.2. The molecule has 0 saturated carbocycles. The number of amides is 1. The van der Waals surface area contributed by atoms with Crippen molar-refractivity contribution in [3.63, 3.8) is 0 Å². The quantitative estimate of drug-likeness (QED) is 0.746. The van der Waals surface area contributed by atoms with Crippen molar-refractivity contribution in [1.29, 1.82) is 0 Å². The Labute approximate surface area is 176 Å². The molecule has 9 heteroatoms. The van der Waals surface area contributed by atoms with E-state index in [1.807, 2.05) is 14.0 Å². The largest absolute Gasteiger partial charge is 0.376 e. The molecule has 1 saturated heterocycles. The number of aryl methyl sites for hydroxylation is 2. The van der Waals surface area contributed by atoms with Gasteiger partial charge in [-0.05, 0) is 32.4 Å². The summed E-state index contributed by atoms with van der Waals surface area (Å²) in [6.07, 6.45) is 4.07. The van der Waals surface area contributed by atoms with Crippen LogP contribution in [0.1, 0.15) is 46.7 Å². The molecule has 1 unspecified atom stereocenters. The molecular formula is C21H30N6O3. The summed E-state index contributed by atoms with van der Waals surface area (Å²) in [5.41, 5.74) is 3.20. The van der Waals surface area contributed by atoms with Crippen LogP contribution >= 0.6 is 0 Å². The molecule has 1 atom stereocenters. The first kappa shape index (κ1) is 20.7. The molecule has 1 amide bonds. The Balaban J connectivity index is 1.36. The minimum absolute atomic E-state index is 0.0772. The van der Waals surface area contributed by atoms with E-state index >= 15 is 0 Å². The van der Waals surface area contributed by atoms with Crippen LogP contribution in [0.15, 0.2) is 16.9 Å². The first-order valence-corrected chi connectivity index (χ1v) is 10.7. The highest BCUT2D eigenvalue weighted by Gasteiger charge is 2.24. The van der Waals surface area contributed by atoms with Gasteiger partial charge in [0, 0.05) is 49.9 Å². The van der Waals surface area contributed by atoms with Crippen LogP contribution in [0.3, 0.4) is 0 Å². The molecule has 0 radical (unpaired) electrons. The van der Waals surface area contributed by atoms with Crippen molar-refractivity contribution < 1.29 is 9.53 Å². The van der Waals surface area contributed by atoms with Crippen molar-refractivity contribution in [3.05, 3.63) is 45.1 Å². The Morgan fingerprint density at radius 2 is 2.13 bits per heavy atom. The van der Waals surface area contributed by atoms with E-state index in [1.54, 1.807) is 21.5 Å². The molecule has 4 heterocycles. The zero-order valence-electron chi connectivity index (χ0n) is 17.8. The van der Waals surface area contributed by atoms with E-state index in [9.17, 15) is 9.59 Å². The van der Waals surface area contributed by atoms with E-state index < -0.39 is 0 Å². The molecule has 1 fully saturated rings. The summed E-state index contributed by atoms with van der Waals surface area (Å²) >= 11 is 0. The van der Waals surface area contributed by atoms with Crippen LogP contribution in [0.2, 0.25) is 0 Å². The lowest BCUT2D eigenvalue weighted by Gasteiger charge is -2.35. The maximum Gasteiger partial charge on any atom is 0.271 e. The second kappa shape index (κ2) is 9.09. The number of carbonyl (C=O) groups excluding carboxylic acids is 1. The monoisotopic (exact) mass is 414 g/mol. The number of ether oxygens (including phenoxy) is 1. The third-order valence-electron chi connectivity index (χ3n) is 6.10. The van der Waals surface area contributed by atoms with Gasteiger partial charge in [0.15, 0.2) is 0 Å². The fraction of sp³-hybridized carbons (Fsp3) is 0.619. The predicted octanol–water partition coefficient (Wildman–Crippen LogP) is 0.642. The molecule has 162 valence electrons. The van der Waals surface area contributed by atoms with Gasteiger partial charge in [-0.1, -0.05) is 6.42 Å².